The van der Waals surface area contributed by atoms with E-state index in [-0.39, 0.29) is 5.41 Å². The van der Waals surface area contributed by atoms with Gasteiger partial charge in [0, 0.05) is 67.0 Å². The van der Waals surface area contributed by atoms with Crippen molar-refractivity contribution in [3.05, 3.63) is 303 Å². The number of aromatic nitrogens is 2. The molecule has 0 spiro atoms. The molecule has 0 saturated carbocycles. The first-order chi connectivity index (χ1) is 40.3. The molecule has 0 aliphatic rings. The topological polar surface area (TPSA) is 16.3 Å². The lowest BCUT2D eigenvalue weighted by atomic mass is 9.81. The first-order valence-electron chi connectivity index (χ1n) is 28.4. The molecule has 0 atom stereocenters. The fraction of sp³-hybridized carbons (Fsp3) is 0.0513. The lowest BCUT2D eigenvalue weighted by Crippen LogP contribution is -2.11. The molecule has 15 aromatic rings. The maximum Gasteiger partial charge on any atom is 0.0541 e. The van der Waals surface area contributed by atoms with Crippen LogP contribution in [-0.2, 0) is 5.41 Å². The number of hydrogen-bond acceptors (Lipinski definition) is 2. The molecule has 82 heavy (non-hydrogen) atoms. The van der Waals surface area contributed by atoms with Crippen LogP contribution >= 0.6 is 0 Å². The van der Waals surface area contributed by atoms with Crippen LogP contribution in [0.3, 0.4) is 0 Å². The molecule has 0 saturated heterocycles. The minimum Gasteiger partial charge on any atom is -0.311 e. The normalized spacial score (nSPS) is 11.8. The molecule has 13 aromatic carbocycles. The van der Waals surface area contributed by atoms with Crippen LogP contribution in [0.2, 0.25) is 0 Å². The molecule has 0 fully saturated rings. The highest BCUT2D eigenvalue weighted by molar-refractivity contribution is 6.22. The van der Waals surface area contributed by atoms with E-state index in [0.717, 1.165) is 45.5 Å². The molecule has 2 heterocycles. The molecule has 0 aliphatic carbocycles. The standard InChI is InChI=1S/C78H58N4/c1-78(2,3)55-38-51-70-71(52-55)77(54-36-41-59(42-37-54)80(57-22-8-5-9-23-57)61-45-49-63(50-46-61)82-74-32-18-14-26-66(74)67-27-15-19-33-75(67)82)69-29-11-10-28-68(69)76(70)53-34-39-58(40-35-53)79(56-20-6-4-7-21-56)60-43-47-62(48-44-60)81-72-30-16-12-24-64(72)65-25-13-17-31-73(65)81/h4-52H,1-3H3. The molecule has 4 heteroatoms. The number of anilines is 6. The minimum absolute atomic E-state index is 0.0569. The van der Waals surface area contributed by atoms with Crippen LogP contribution in [0.4, 0.5) is 34.1 Å². The Hall–Kier alpha value is -10.4. The van der Waals surface area contributed by atoms with Gasteiger partial charge >= 0.3 is 0 Å². The number of rotatable bonds is 10. The summed E-state index contributed by atoms with van der Waals surface area (Å²) in [6, 6.07) is 109. The molecule has 390 valence electrons. The second kappa shape index (κ2) is 19.7. The summed E-state index contributed by atoms with van der Waals surface area (Å²) >= 11 is 0. The average Bonchev–Trinajstić information content (AvgIpc) is 4.14. The van der Waals surface area contributed by atoms with E-state index in [2.05, 4.69) is 337 Å². The van der Waals surface area contributed by atoms with Gasteiger partial charge in [-0.2, -0.15) is 0 Å². The van der Waals surface area contributed by atoms with Crippen LogP contribution in [0.25, 0.3) is 98.8 Å². The van der Waals surface area contributed by atoms with Gasteiger partial charge in [0.25, 0.3) is 0 Å². The Bertz CT molecular complexity index is 4750. The monoisotopic (exact) mass is 1050 g/mol. The van der Waals surface area contributed by atoms with Gasteiger partial charge in [0.1, 0.15) is 0 Å². The summed E-state index contributed by atoms with van der Waals surface area (Å²) in [5, 5.41) is 9.95. The molecule has 2 aromatic heterocycles. The largest absolute Gasteiger partial charge is 0.311 e. The second-order valence-electron chi connectivity index (χ2n) is 22.5. The third kappa shape index (κ3) is 8.22. The molecule has 0 bridgehead atoms. The molecule has 0 unspecified atom stereocenters. The zero-order valence-electron chi connectivity index (χ0n) is 46.1. The van der Waals surface area contributed by atoms with Crippen LogP contribution in [0.1, 0.15) is 26.3 Å². The molecule has 4 nitrogen and oxygen atoms in total. The summed E-state index contributed by atoms with van der Waals surface area (Å²) in [5.41, 5.74) is 19.7. The van der Waals surface area contributed by atoms with Crippen LogP contribution in [0.15, 0.2) is 297 Å². The summed E-state index contributed by atoms with van der Waals surface area (Å²) < 4.78 is 4.76. The van der Waals surface area contributed by atoms with Crippen LogP contribution in [-0.4, -0.2) is 9.13 Å². The molecule has 0 radical (unpaired) electrons. The third-order valence-electron chi connectivity index (χ3n) is 16.6. The zero-order valence-corrected chi connectivity index (χ0v) is 46.1. The maximum absolute atomic E-state index is 2.46. The van der Waals surface area contributed by atoms with Gasteiger partial charge in [-0.25, -0.2) is 0 Å². The summed E-state index contributed by atoms with van der Waals surface area (Å²) in [5.74, 6) is 0. The molecular formula is C78H58N4. The van der Waals surface area contributed by atoms with E-state index in [9.17, 15) is 0 Å². The van der Waals surface area contributed by atoms with Crippen molar-refractivity contribution in [3.8, 4) is 33.6 Å². The highest BCUT2D eigenvalue weighted by Gasteiger charge is 2.23. The Balaban J connectivity index is 0.816. The van der Waals surface area contributed by atoms with Crippen LogP contribution in [0.5, 0.6) is 0 Å². The van der Waals surface area contributed by atoms with Gasteiger partial charge < -0.3 is 18.9 Å². The van der Waals surface area contributed by atoms with Crippen molar-refractivity contribution in [2.24, 2.45) is 0 Å². The average molecular weight is 1050 g/mol. The molecule has 0 aliphatic heterocycles. The molecule has 0 amide bonds. The van der Waals surface area contributed by atoms with Gasteiger partial charge in [-0.15, -0.1) is 0 Å². The van der Waals surface area contributed by atoms with E-state index in [1.807, 2.05) is 0 Å². The van der Waals surface area contributed by atoms with E-state index < -0.39 is 0 Å². The molecule has 0 N–H and O–H groups in total. The fourth-order valence-corrected chi connectivity index (χ4v) is 12.8. The number of fused-ring (bicyclic) bond motifs is 8. The van der Waals surface area contributed by atoms with E-state index in [1.54, 1.807) is 0 Å². The first kappa shape index (κ1) is 48.7. The number of nitrogens with zero attached hydrogens (tertiary/aromatic N) is 4. The maximum atomic E-state index is 2.46. The van der Waals surface area contributed by atoms with Crippen molar-refractivity contribution in [3.63, 3.8) is 0 Å². The van der Waals surface area contributed by atoms with Gasteiger partial charge in [-0.3, -0.25) is 0 Å². The third-order valence-corrected chi connectivity index (χ3v) is 16.6. The van der Waals surface area contributed by atoms with E-state index in [4.69, 9.17) is 0 Å². The van der Waals surface area contributed by atoms with Gasteiger partial charge in [0.15, 0.2) is 0 Å². The summed E-state index contributed by atoms with van der Waals surface area (Å²) in [7, 11) is 0. The predicted octanol–water partition coefficient (Wildman–Crippen LogP) is 21.8. The fourth-order valence-electron chi connectivity index (χ4n) is 12.8. The molecular weight excluding hydrogens is 993 g/mol. The van der Waals surface area contributed by atoms with Gasteiger partial charge in [0.05, 0.1) is 22.1 Å². The SMILES string of the molecule is CC(C)(C)c1ccc2c(-c3ccc(N(c4ccccc4)c4ccc(-n5c6ccccc6c6ccccc65)cc4)cc3)c3ccccc3c(-c3ccc(N(c4ccccc4)c4ccc(-n5c6ccccc6c6ccccc65)cc4)cc3)c2c1. The smallest absolute Gasteiger partial charge is 0.0541 e. The quantitative estimate of drug-likeness (QED) is 0.127. The van der Waals surface area contributed by atoms with Crippen molar-refractivity contribution in [2.75, 3.05) is 9.80 Å². The van der Waals surface area contributed by atoms with Gasteiger partial charge in [-0.05, 0) is 182 Å². The van der Waals surface area contributed by atoms with Crippen molar-refractivity contribution >= 4 is 99.3 Å². The Labute approximate surface area is 478 Å². The highest BCUT2D eigenvalue weighted by atomic mass is 15.1. The zero-order chi connectivity index (χ0) is 54.9. The van der Waals surface area contributed by atoms with Crippen LogP contribution < -0.4 is 9.80 Å². The predicted molar refractivity (Wildman–Crippen MR) is 349 cm³/mol. The first-order valence-corrected chi connectivity index (χ1v) is 28.4. The van der Waals surface area contributed by atoms with E-state index in [0.29, 0.717) is 0 Å². The molecule has 15 rings (SSSR count). The van der Waals surface area contributed by atoms with E-state index in [1.165, 1.54) is 93.0 Å². The Kier molecular flexibility index (Phi) is 11.7. The van der Waals surface area contributed by atoms with Gasteiger partial charge in [0.2, 0.25) is 0 Å². The number of para-hydroxylation sites is 6. The summed E-state index contributed by atoms with van der Waals surface area (Å²) in [4.78, 5) is 4.72. The van der Waals surface area contributed by atoms with E-state index >= 15 is 0 Å². The summed E-state index contributed by atoms with van der Waals surface area (Å²) in [6.45, 7) is 6.94. The number of benzene rings is 13. The minimum atomic E-state index is -0.0569. The van der Waals surface area contributed by atoms with Gasteiger partial charge in [-0.1, -0.05) is 191 Å². The Morgan fingerprint density at radius 3 is 0.878 bits per heavy atom. The van der Waals surface area contributed by atoms with Crippen molar-refractivity contribution < 1.29 is 0 Å². The Morgan fingerprint density at radius 1 is 0.244 bits per heavy atom. The lowest BCUT2D eigenvalue weighted by molar-refractivity contribution is 0.591. The number of hydrogen-bond donors (Lipinski definition) is 0. The van der Waals surface area contributed by atoms with Crippen molar-refractivity contribution in [1.29, 1.82) is 0 Å². The van der Waals surface area contributed by atoms with Crippen molar-refractivity contribution in [2.45, 2.75) is 26.2 Å². The van der Waals surface area contributed by atoms with Crippen LogP contribution in [0, 0.1) is 0 Å². The lowest BCUT2D eigenvalue weighted by Gasteiger charge is -2.27. The highest BCUT2D eigenvalue weighted by Crippen LogP contribution is 2.47. The second-order valence-corrected chi connectivity index (χ2v) is 22.5. The summed E-state index contributed by atoms with van der Waals surface area (Å²) in [6.07, 6.45) is 0. The van der Waals surface area contributed by atoms with Crippen molar-refractivity contribution in [1.82, 2.24) is 9.13 Å². The Morgan fingerprint density at radius 2 is 0.524 bits per heavy atom.